The number of likely N-dealkylation sites (tertiary alicyclic amines) is 1. The van der Waals surface area contributed by atoms with Crippen molar-refractivity contribution in [1.29, 1.82) is 0 Å². The van der Waals surface area contributed by atoms with Crippen molar-refractivity contribution in [1.82, 2.24) is 10.2 Å². The Hall–Kier alpha value is -1.00. The van der Waals surface area contributed by atoms with Crippen molar-refractivity contribution in [3.8, 4) is 0 Å². The molecule has 21 heavy (non-hydrogen) atoms. The molecule has 4 heteroatoms. The monoisotopic (exact) mass is 296 g/mol. The summed E-state index contributed by atoms with van der Waals surface area (Å²) in [4.78, 5) is 2.53. The average molecular weight is 296 g/mol. The normalized spacial score (nSPS) is 19.4. The molecule has 0 radical (unpaired) electrons. The summed E-state index contributed by atoms with van der Waals surface area (Å²) >= 11 is 0. The zero-order valence-corrected chi connectivity index (χ0v) is 13.0. The van der Waals surface area contributed by atoms with E-state index >= 15 is 0 Å². The molecule has 118 valence electrons. The Labute approximate surface area is 126 Å². The number of hydrogen-bond acceptors (Lipinski definition) is 2. The first-order valence-electron chi connectivity index (χ1n) is 7.97. The van der Waals surface area contributed by atoms with Gasteiger partial charge in [-0.2, -0.15) is 0 Å². The SMILES string of the molecule is CC(CNC(C)c1ccc(F)c(F)c1)CN1CCCCC1. The van der Waals surface area contributed by atoms with Crippen LogP contribution in [0.3, 0.4) is 0 Å². The van der Waals surface area contributed by atoms with Crippen molar-refractivity contribution in [3.05, 3.63) is 35.4 Å². The van der Waals surface area contributed by atoms with E-state index in [0.29, 0.717) is 5.92 Å². The predicted molar refractivity (Wildman–Crippen MR) is 82.2 cm³/mol. The van der Waals surface area contributed by atoms with E-state index in [1.807, 2.05) is 6.92 Å². The van der Waals surface area contributed by atoms with Gasteiger partial charge in [-0.05, 0) is 63.0 Å². The van der Waals surface area contributed by atoms with Crippen molar-refractivity contribution in [2.24, 2.45) is 5.92 Å². The van der Waals surface area contributed by atoms with Crippen LogP contribution in [0, 0.1) is 17.6 Å². The fourth-order valence-corrected chi connectivity index (χ4v) is 2.92. The average Bonchev–Trinajstić information content (AvgIpc) is 2.48. The molecule has 1 aliphatic rings. The highest BCUT2D eigenvalue weighted by atomic mass is 19.2. The molecule has 1 aromatic carbocycles. The standard InChI is InChI=1S/C17H26F2N2/c1-13(12-21-8-4-3-5-9-21)11-20-14(2)15-6-7-16(18)17(19)10-15/h6-7,10,13-14,20H,3-5,8-9,11-12H2,1-2H3. The van der Waals surface area contributed by atoms with Crippen LogP contribution >= 0.6 is 0 Å². The van der Waals surface area contributed by atoms with Crippen molar-refractivity contribution in [2.75, 3.05) is 26.2 Å². The van der Waals surface area contributed by atoms with Crippen LogP contribution in [0.5, 0.6) is 0 Å². The smallest absolute Gasteiger partial charge is 0.159 e. The quantitative estimate of drug-likeness (QED) is 0.860. The predicted octanol–water partition coefficient (Wildman–Crippen LogP) is 3.74. The summed E-state index contributed by atoms with van der Waals surface area (Å²) in [7, 11) is 0. The van der Waals surface area contributed by atoms with Crippen molar-refractivity contribution >= 4 is 0 Å². The summed E-state index contributed by atoms with van der Waals surface area (Å²) in [5.74, 6) is -1.01. The zero-order valence-electron chi connectivity index (χ0n) is 13.0. The molecule has 1 N–H and O–H groups in total. The molecule has 0 aliphatic carbocycles. The van der Waals surface area contributed by atoms with E-state index < -0.39 is 11.6 Å². The largest absolute Gasteiger partial charge is 0.310 e. The van der Waals surface area contributed by atoms with Gasteiger partial charge in [0.15, 0.2) is 11.6 Å². The highest BCUT2D eigenvalue weighted by Gasteiger charge is 2.15. The molecule has 2 atom stereocenters. The van der Waals surface area contributed by atoms with E-state index in [2.05, 4.69) is 17.1 Å². The summed E-state index contributed by atoms with van der Waals surface area (Å²) in [6, 6.07) is 4.15. The lowest BCUT2D eigenvalue weighted by molar-refractivity contribution is 0.197. The maximum Gasteiger partial charge on any atom is 0.159 e. The van der Waals surface area contributed by atoms with Gasteiger partial charge in [0.2, 0.25) is 0 Å². The van der Waals surface area contributed by atoms with Crippen LogP contribution in [0.15, 0.2) is 18.2 Å². The van der Waals surface area contributed by atoms with E-state index in [4.69, 9.17) is 0 Å². The lowest BCUT2D eigenvalue weighted by Gasteiger charge is -2.29. The van der Waals surface area contributed by atoms with E-state index in [0.717, 1.165) is 18.7 Å². The van der Waals surface area contributed by atoms with Gasteiger partial charge < -0.3 is 10.2 Å². The van der Waals surface area contributed by atoms with E-state index in [9.17, 15) is 8.78 Å². The lowest BCUT2D eigenvalue weighted by atomic mass is 10.1. The number of halogens is 2. The third-order valence-electron chi connectivity index (χ3n) is 4.23. The minimum atomic E-state index is -0.788. The van der Waals surface area contributed by atoms with Crippen molar-refractivity contribution in [3.63, 3.8) is 0 Å². The minimum absolute atomic E-state index is 0.0314. The van der Waals surface area contributed by atoms with Gasteiger partial charge in [-0.15, -0.1) is 0 Å². The molecule has 1 heterocycles. The molecule has 0 saturated carbocycles. The molecule has 0 amide bonds. The number of benzene rings is 1. The Morgan fingerprint density at radius 1 is 1.10 bits per heavy atom. The van der Waals surface area contributed by atoms with Crippen molar-refractivity contribution < 1.29 is 8.78 Å². The zero-order chi connectivity index (χ0) is 15.2. The van der Waals surface area contributed by atoms with Gasteiger partial charge in [0.25, 0.3) is 0 Å². The van der Waals surface area contributed by atoms with Crippen LogP contribution < -0.4 is 5.32 Å². The molecule has 2 nitrogen and oxygen atoms in total. The van der Waals surface area contributed by atoms with Crippen LogP contribution in [0.4, 0.5) is 8.78 Å². The van der Waals surface area contributed by atoms with Crippen LogP contribution in [-0.4, -0.2) is 31.1 Å². The highest BCUT2D eigenvalue weighted by Crippen LogP contribution is 2.16. The summed E-state index contributed by atoms with van der Waals surface area (Å²) in [6.07, 6.45) is 3.98. The molecule has 1 saturated heterocycles. The van der Waals surface area contributed by atoms with Gasteiger partial charge in [0.05, 0.1) is 0 Å². The molecule has 2 unspecified atom stereocenters. The van der Waals surface area contributed by atoms with Crippen LogP contribution in [-0.2, 0) is 0 Å². The van der Waals surface area contributed by atoms with Crippen LogP contribution in [0.2, 0.25) is 0 Å². The number of piperidine rings is 1. The Morgan fingerprint density at radius 2 is 1.81 bits per heavy atom. The van der Waals surface area contributed by atoms with E-state index in [1.54, 1.807) is 6.07 Å². The summed E-state index contributed by atoms with van der Waals surface area (Å²) in [6.45, 7) is 8.64. The van der Waals surface area contributed by atoms with Crippen LogP contribution in [0.25, 0.3) is 0 Å². The summed E-state index contributed by atoms with van der Waals surface area (Å²) < 4.78 is 26.2. The molecular formula is C17H26F2N2. The van der Waals surface area contributed by atoms with E-state index in [1.165, 1.54) is 44.5 Å². The topological polar surface area (TPSA) is 15.3 Å². The Kier molecular flexibility index (Phi) is 6.12. The lowest BCUT2D eigenvalue weighted by Crippen LogP contribution is -2.37. The molecule has 0 bridgehead atoms. The molecule has 1 aliphatic heterocycles. The Balaban J connectivity index is 1.77. The Morgan fingerprint density at radius 3 is 2.48 bits per heavy atom. The van der Waals surface area contributed by atoms with E-state index in [-0.39, 0.29) is 6.04 Å². The second-order valence-electron chi connectivity index (χ2n) is 6.27. The third-order valence-corrected chi connectivity index (χ3v) is 4.23. The Bertz CT molecular complexity index is 444. The first-order chi connectivity index (χ1) is 10.1. The van der Waals surface area contributed by atoms with Gasteiger partial charge in [0.1, 0.15) is 0 Å². The maximum atomic E-state index is 13.2. The molecule has 0 aromatic heterocycles. The molecule has 0 spiro atoms. The third kappa shape index (κ3) is 5.04. The summed E-state index contributed by atoms with van der Waals surface area (Å²) in [5, 5.41) is 3.42. The van der Waals surface area contributed by atoms with Gasteiger partial charge in [-0.25, -0.2) is 8.78 Å². The molecule has 1 fully saturated rings. The van der Waals surface area contributed by atoms with Crippen LogP contribution in [0.1, 0.15) is 44.7 Å². The number of rotatable bonds is 6. The number of nitrogens with zero attached hydrogens (tertiary/aromatic N) is 1. The fraction of sp³-hybridized carbons (Fsp3) is 0.647. The fourth-order valence-electron chi connectivity index (χ4n) is 2.92. The van der Waals surface area contributed by atoms with Gasteiger partial charge in [0, 0.05) is 12.6 Å². The second-order valence-corrected chi connectivity index (χ2v) is 6.27. The molecular weight excluding hydrogens is 270 g/mol. The number of hydrogen-bond donors (Lipinski definition) is 1. The van der Waals surface area contributed by atoms with Crippen molar-refractivity contribution in [2.45, 2.75) is 39.2 Å². The minimum Gasteiger partial charge on any atom is -0.310 e. The second kappa shape index (κ2) is 7.85. The first kappa shape index (κ1) is 16.4. The van der Waals surface area contributed by atoms with Gasteiger partial charge in [-0.1, -0.05) is 19.4 Å². The number of nitrogens with one attached hydrogen (secondary N) is 1. The molecule has 1 aromatic rings. The van der Waals surface area contributed by atoms with Gasteiger partial charge in [-0.3, -0.25) is 0 Å². The first-order valence-corrected chi connectivity index (χ1v) is 7.97. The maximum absolute atomic E-state index is 13.2. The highest BCUT2D eigenvalue weighted by molar-refractivity contribution is 5.20. The summed E-state index contributed by atoms with van der Waals surface area (Å²) in [5.41, 5.74) is 0.791. The molecule has 2 rings (SSSR count). The van der Waals surface area contributed by atoms with Gasteiger partial charge >= 0.3 is 0 Å².